The van der Waals surface area contributed by atoms with Crippen LogP contribution in [0.5, 0.6) is 0 Å². The molecule has 24 heavy (non-hydrogen) atoms. The van der Waals surface area contributed by atoms with E-state index in [0.717, 1.165) is 33.5 Å². The number of aromatic nitrogens is 4. The second kappa shape index (κ2) is 5.06. The van der Waals surface area contributed by atoms with Crippen LogP contribution in [0.2, 0.25) is 0 Å². The predicted molar refractivity (Wildman–Crippen MR) is 94.8 cm³/mol. The molecular weight excluding hydrogens is 296 g/mol. The van der Waals surface area contributed by atoms with Crippen molar-refractivity contribution in [3.05, 3.63) is 85.7 Å². The summed E-state index contributed by atoms with van der Waals surface area (Å²) in [6, 6.07) is 20.7. The fourth-order valence-electron chi connectivity index (χ4n) is 3.12. The summed E-state index contributed by atoms with van der Waals surface area (Å²) in [5, 5.41) is 0. The minimum absolute atomic E-state index is 0.997. The van der Waals surface area contributed by atoms with Crippen LogP contribution >= 0.6 is 0 Å². The number of benzene rings is 1. The SMILES string of the molecule is c1ccn2cnc(-c3ccc(-c4ncn5ccccc45)cc3)c2c1. The van der Waals surface area contributed by atoms with Crippen molar-refractivity contribution in [3.8, 4) is 22.5 Å². The number of hydrogen-bond donors (Lipinski definition) is 0. The smallest absolute Gasteiger partial charge is 0.0999 e. The Balaban J connectivity index is 1.60. The maximum Gasteiger partial charge on any atom is 0.0999 e. The van der Waals surface area contributed by atoms with E-state index in [0.29, 0.717) is 0 Å². The zero-order valence-corrected chi connectivity index (χ0v) is 12.9. The molecule has 0 aliphatic carbocycles. The van der Waals surface area contributed by atoms with Gasteiger partial charge in [-0.25, -0.2) is 9.97 Å². The number of nitrogens with zero attached hydrogens (tertiary/aromatic N) is 4. The lowest BCUT2D eigenvalue weighted by Crippen LogP contribution is -1.84. The van der Waals surface area contributed by atoms with Gasteiger partial charge in [0.05, 0.1) is 35.1 Å². The Bertz CT molecular complexity index is 1060. The molecule has 1 aromatic carbocycles. The molecule has 114 valence electrons. The molecule has 4 heteroatoms. The molecule has 0 radical (unpaired) electrons. The van der Waals surface area contributed by atoms with Gasteiger partial charge in [0.25, 0.3) is 0 Å². The van der Waals surface area contributed by atoms with Gasteiger partial charge < -0.3 is 8.80 Å². The monoisotopic (exact) mass is 310 g/mol. The van der Waals surface area contributed by atoms with Crippen molar-refractivity contribution in [2.24, 2.45) is 0 Å². The van der Waals surface area contributed by atoms with Crippen LogP contribution < -0.4 is 0 Å². The Morgan fingerprint density at radius 3 is 1.46 bits per heavy atom. The van der Waals surface area contributed by atoms with Crippen molar-refractivity contribution in [3.63, 3.8) is 0 Å². The van der Waals surface area contributed by atoms with Crippen molar-refractivity contribution in [2.75, 3.05) is 0 Å². The molecule has 4 heterocycles. The molecule has 0 aliphatic rings. The fourth-order valence-corrected chi connectivity index (χ4v) is 3.12. The van der Waals surface area contributed by atoms with Crippen molar-refractivity contribution in [1.82, 2.24) is 18.8 Å². The predicted octanol–water partition coefficient (Wildman–Crippen LogP) is 4.32. The molecular formula is C20H14N4. The molecule has 0 saturated carbocycles. The molecule has 0 fully saturated rings. The molecule has 0 aliphatic heterocycles. The van der Waals surface area contributed by atoms with Gasteiger partial charge in [-0.1, -0.05) is 36.4 Å². The summed E-state index contributed by atoms with van der Waals surface area (Å²) < 4.78 is 4.07. The van der Waals surface area contributed by atoms with E-state index in [2.05, 4.69) is 46.4 Å². The van der Waals surface area contributed by atoms with E-state index < -0.39 is 0 Å². The van der Waals surface area contributed by atoms with Gasteiger partial charge in [0.2, 0.25) is 0 Å². The number of hydrogen-bond acceptors (Lipinski definition) is 2. The second-order valence-corrected chi connectivity index (χ2v) is 5.75. The van der Waals surface area contributed by atoms with Gasteiger partial charge in [0, 0.05) is 23.5 Å². The van der Waals surface area contributed by atoms with E-state index in [-0.39, 0.29) is 0 Å². The normalized spacial score (nSPS) is 11.3. The first-order chi connectivity index (χ1) is 11.9. The van der Waals surface area contributed by atoms with Crippen LogP contribution in [0.4, 0.5) is 0 Å². The number of fused-ring (bicyclic) bond motifs is 2. The molecule has 0 atom stereocenters. The molecule has 0 spiro atoms. The van der Waals surface area contributed by atoms with Crippen molar-refractivity contribution in [1.29, 1.82) is 0 Å². The van der Waals surface area contributed by atoms with E-state index in [4.69, 9.17) is 0 Å². The van der Waals surface area contributed by atoms with Gasteiger partial charge in [-0.2, -0.15) is 0 Å². The van der Waals surface area contributed by atoms with E-state index in [1.807, 2.05) is 58.1 Å². The lowest BCUT2D eigenvalue weighted by molar-refractivity contribution is 1.15. The van der Waals surface area contributed by atoms with Gasteiger partial charge in [-0.15, -0.1) is 0 Å². The Morgan fingerprint density at radius 2 is 1.00 bits per heavy atom. The van der Waals surface area contributed by atoms with Gasteiger partial charge >= 0.3 is 0 Å². The maximum absolute atomic E-state index is 4.55. The largest absolute Gasteiger partial charge is 0.306 e. The average molecular weight is 310 g/mol. The fraction of sp³-hybridized carbons (Fsp3) is 0. The minimum atomic E-state index is 0.997. The molecule has 4 aromatic heterocycles. The summed E-state index contributed by atoms with van der Waals surface area (Å²) in [4.78, 5) is 9.10. The quantitative estimate of drug-likeness (QED) is 0.487. The van der Waals surface area contributed by atoms with Crippen LogP contribution in [0.1, 0.15) is 0 Å². The third-order valence-electron chi connectivity index (χ3n) is 4.32. The Morgan fingerprint density at radius 1 is 0.542 bits per heavy atom. The lowest BCUT2D eigenvalue weighted by atomic mass is 10.1. The van der Waals surface area contributed by atoms with Crippen molar-refractivity contribution >= 4 is 11.0 Å². The molecule has 4 nitrogen and oxygen atoms in total. The highest BCUT2D eigenvalue weighted by Crippen LogP contribution is 2.28. The van der Waals surface area contributed by atoms with Crippen LogP contribution in [0.3, 0.4) is 0 Å². The van der Waals surface area contributed by atoms with E-state index in [1.165, 1.54) is 0 Å². The Hall–Kier alpha value is -3.40. The minimum Gasteiger partial charge on any atom is -0.306 e. The van der Waals surface area contributed by atoms with Crippen LogP contribution in [0, 0.1) is 0 Å². The molecule has 5 aromatic rings. The highest BCUT2D eigenvalue weighted by Gasteiger charge is 2.09. The van der Waals surface area contributed by atoms with Crippen LogP contribution in [-0.2, 0) is 0 Å². The summed E-state index contributed by atoms with van der Waals surface area (Å²) >= 11 is 0. The highest BCUT2D eigenvalue weighted by atomic mass is 15.0. The third-order valence-corrected chi connectivity index (χ3v) is 4.32. The molecule has 0 unspecified atom stereocenters. The Labute approximate surface area is 138 Å². The first kappa shape index (κ1) is 13.1. The topological polar surface area (TPSA) is 34.6 Å². The van der Waals surface area contributed by atoms with Crippen molar-refractivity contribution in [2.45, 2.75) is 0 Å². The highest BCUT2D eigenvalue weighted by molar-refractivity contribution is 5.81. The zero-order valence-electron chi connectivity index (χ0n) is 12.9. The summed E-state index contributed by atoms with van der Waals surface area (Å²) in [7, 11) is 0. The molecule has 0 N–H and O–H groups in total. The molecule has 0 saturated heterocycles. The molecule has 0 bridgehead atoms. The third kappa shape index (κ3) is 1.93. The van der Waals surface area contributed by atoms with Crippen molar-refractivity contribution < 1.29 is 0 Å². The van der Waals surface area contributed by atoms with E-state index in [9.17, 15) is 0 Å². The van der Waals surface area contributed by atoms with Gasteiger partial charge in [-0.3, -0.25) is 0 Å². The number of imidazole rings is 2. The standard InChI is InChI=1S/C20H14N4/c1-3-11-23-13-21-19(17(23)5-1)15-7-9-16(10-8-15)20-18-6-2-4-12-24(18)14-22-20/h1-14H. The molecule has 0 amide bonds. The summed E-state index contributed by atoms with van der Waals surface area (Å²) in [6.07, 6.45) is 7.72. The van der Waals surface area contributed by atoms with Crippen LogP contribution in [0.15, 0.2) is 85.7 Å². The zero-order chi connectivity index (χ0) is 15.9. The van der Waals surface area contributed by atoms with Crippen LogP contribution in [-0.4, -0.2) is 18.8 Å². The first-order valence-electron chi connectivity index (χ1n) is 7.84. The second-order valence-electron chi connectivity index (χ2n) is 5.75. The van der Waals surface area contributed by atoms with E-state index >= 15 is 0 Å². The number of rotatable bonds is 2. The summed E-state index contributed by atoms with van der Waals surface area (Å²) in [6.45, 7) is 0. The Kier molecular flexibility index (Phi) is 2.76. The average Bonchev–Trinajstić information content (AvgIpc) is 3.26. The van der Waals surface area contributed by atoms with Gasteiger partial charge in [0.15, 0.2) is 0 Å². The lowest BCUT2D eigenvalue weighted by Gasteiger charge is -2.02. The maximum atomic E-state index is 4.55. The van der Waals surface area contributed by atoms with Gasteiger partial charge in [0.1, 0.15) is 0 Å². The summed E-state index contributed by atoms with van der Waals surface area (Å²) in [5.74, 6) is 0. The summed E-state index contributed by atoms with van der Waals surface area (Å²) in [5.41, 5.74) is 6.43. The van der Waals surface area contributed by atoms with Crippen LogP contribution in [0.25, 0.3) is 33.5 Å². The van der Waals surface area contributed by atoms with E-state index in [1.54, 1.807) is 0 Å². The first-order valence-corrected chi connectivity index (χ1v) is 7.84. The van der Waals surface area contributed by atoms with Gasteiger partial charge in [-0.05, 0) is 24.3 Å². The molecule has 5 rings (SSSR count). The number of pyridine rings is 2.